The first-order valence-corrected chi connectivity index (χ1v) is 10.2. The van der Waals surface area contributed by atoms with E-state index in [1.807, 2.05) is 0 Å². The molecular formula is C20H14F4N6O2S. The van der Waals surface area contributed by atoms with E-state index >= 15 is 0 Å². The van der Waals surface area contributed by atoms with Crippen molar-refractivity contribution in [2.75, 3.05) is 4.90 Å². The molecule has 4 rings (SSSR count). The summed E-state index contributed by atoms with van der Waals surface area (Å²) in [7, 11) is 0. The number of carbonyl (C=O) groups is 1. The number of anilines is 1. The van der Waals surface area contributed by atoms with Gasteiger partial charge in [0.2, 0.25) is 11.7 Å². The number of rotatable bonds is 6. The Kier molecular flexibility index (Phi) is 6.14. The van der Waals surface area contributed by atoms with Gasteiger partial charge >= 0.3 is 12.1 Å². The van der Waals surface area contributed by atoms with Crippen molar-refractivity contribution in [3.8, 4) is 11.4 Å². The van der Waals surface area contributed by atoms with Crippen molar-refractivity contribution < 1.29 is 26.9 Å². The summed E-state index contributed by atoms with van der Waals surface area (Å²) in [4.78, 5) is 21.9. The number of nitrogens with zero attached hydrogens (tertiary/aromatic N) is 6. The molecule has 0 saturated heterocycles. The average Bonchev–Trinajstić information content (AvgIpc) is 3.42. The fraction of sp³-hybridized carbons (Fsp3) is 0.200. The molecule has 1 aromatic carbocycles. The zero-order valence-corrected chi connectivity index (χ0v) is 17.7. The second kappa shape index (κ2) is 9.02. The van der Waals surface area contributed by atoms with E-state index in [4.69, 9.17) is 0 Å². The second-order valence-electron chi connectivity index (χ2n) is 6.81. The van der Waals surface area contributed by atoms with Gasteiger partial charge in [0.15, 0.2) is 0 Å². The van der Waals surface area contributed by atoms with E-state index < -0.39 is 17.9 Å². The van der Waals surface area contributed by atoms with Crippen molar-refractivity contribution in [2.45, 2.75) is 26.1 Å². The molecule has 3 aromatic heterocycles. The van der Waals surface area contributed by atoms with Crippen molar-refractivity contribution in [1.82, 2.24) is 25.3 Å². The van der Waals surface area contributed by atoms with Gasteiger partial charge in [0, 0.05) is 17.4 Å². The molecule has 0 fully saturated rings. The van der Waals surface area contributed by atoms with Gasteiger partial charge in [-0.2, -0.15) is 18.2 Å². The third-order valence-corrected chi connectivity index (χ3v) is 5.20. The standard InChI is InChI=1S/C20H14F4N6O2S/c1-11-27-28-16(33-11)8-17(31)30(15-4-2-3-13(21)7-15)10-14-6-5-12(9-25-14)18-26-19(32-29-18)20(22,23)24/h2-7,9H,8,10H2,1H3. The number of aromatic nitrogens is 5. The van der Waals surface area contributed by atoms with Crippen LogP contribution in [-0.4, -0.2) is 31.2 Å². The Morgan fingerprint density at radius 3 is 2.61 bits per heavy atom. The molecule has 0 spiro atoms. The lowest BCUT2D eigenvalue weighted by Gasteiger charge is -2.22. The Morgan fingerprint density at radius 1 is 1.18 bits per heavy atom. The molecule has 0 saturated carbocycles. The molecule has 0 aliphatic carbocycles. The Morgan fingerprint density at radius 2 is 2.00 bits per heavy atom. The van der Waals surface area contributed by atoms with Gasteiger partial charge in [0.1, 0.15) is 15.8 Å². The van der Waals surface area contributed by atoms with Gasteiger partial charge in [-0.25, -0.2) is 4.39 Å². The molecule has 0 bridgehead atoms. The van der Waals surface area contributed by atoms with Crippen LogP contribution < -0.4 is 4.90 Å². The summed E-state index contributed by atoms with van der Waals surface area (Å²) in [6.07, 6.45) is -3.53. The van der Waals surface area contributed by atoms with E-state index in [1.165, 1.54) is 52.8 Å². The fourth-order valence-electron chi connectivity index (χ4n) is 2.87. The highest BCUT2D eigenvalue weighted by molar-refractivity contribution is 7.11. The minimum atomic E-state index is -4.75. The third kappa shape index (κ3) is 5.37. The van der Waals surface area contributed by atoms with Crippen molar-refractivity contribution in [1.29, 1.82) is 0 Å². The SMILES string of the molecule is Cc1nnc(CC(=O)N(Cc2ccc(-c3noc(C(F)(F)F)n3)cn2)c2cccc(F)c2)s1. The molecule has 0 N–H and O–H groups in total. The summed E-state index contributed by atoms with van der Waals surface area (Å²) in [6, 6.07) is 8.50. The van der Waals surface area contributed by atoms with Crippen LogP contribution in [0.2, 0.25) is 0 Å². The first-order chi connectivity index (χ1) is 15.7. The zero-order chi connectivity index (χ0) is 23.6. The maximum Gasteiger partial charge on any atom is 0.471 e. The predicted octanol–water partition coefficient (Wildman–Crippen LogP) is 4.23. The van der Waals surface area contributed by atoms with Crippen LogP contribution in [0, 0.1) is 12.7 Å². The highest BCUT2D eigenvalue weighted by Gasteiger charge is 2.38. The Labute approximate surface area is 187 Å². The minimum Gasteiger partial charge on any atom is -0.329 e. The lowest BCUT2D eigenvalue weighted by molar-refractivity contribution is -0.159. The van der Waals surface area contributed by atoms with Gasteiger partial charge in [-0.05, 0) is 37.3 Å². The van der Waals surface area contributed by atoms with Crippen LogP contribution in [-0.2, 0) is 23.9 Å². The van der Waals surface area contributed by atoms with E-state index in [0.717, 1.165) is 0 Å². The molecule has 170 valence electrons. The number of carbonyl (C=O) groups excluding carboxylic acids is 1. The minimum absolute atomic E-state index is 0.0135. The number of hydrogen-bond donors (Lipinski definition) is 0. The monoisotopic (exact) mass is 478 g/mol. The van der Waals surface area contributed by atoms with Gasteiger partial charge in [-0.3, -0.25) is 9.78 Å². The second-order valence-corrected chi connectivity index (χ2v) is 8.08. The molecule has 8 nitrogen and oxygen atoms in total. The van der Waals surface area contributed by atoms with Crippen LogP contribution >= 0.6 is 11.3 Å². The molecule has 3 heterocycles. The molecule has 0 aliphatic rings. The van der Waals surface area contributed by atoms with Crippen molar-refractivity contribution in [3.63, 3.8) is 0 Å². The van der Waals surface area contributed by atoms with Crippen LogP contribution in [0.1, 0.15) is 21.6 Å². The molecule has 4 aromatic rings. The van der Waals surface area contributed by atoms with Crippen LogP contribution in [0.25, 0.3) is 11.4 Å². The van der Waals surface area contributed by atoms with Crippen molar-refractivity contribution in [3.05, 3.63) is 70.0 Å². The number of pyridine rings is 1. The highest BCUT2D eigenvalue weighted by Crippen LogP contribution is 2.29. The third-order valence-electron chi connectivity index (χ3n) is 4.36. The van der Waals surface area contributed by atoms with E-state index in [-0.39, 0.29) is 30.3 Å². The predicted molar refractivity (Wildman–Crippen MR) is 108 cm³/mol. The smallest absolute Gasteiger partial charge is 0.329 e. The van der Waals surface area contributed by atoms with Gasteiger partial charge in [0.05, 0.1) is 18.7 Å². The lowest BCUT2D eigenvalue weighted by atomic mass is 10.2. The van der Waals surface area contributed by atoms with Gasteiger partial charge in [0.25, 0.3) is 0 Å². The van der Waals surface area contributed by atoms with Crippen molar-refractivity contribution in [2.24, 2.45) is 0 Å². The molecule has 0 atom stereocenters. The maximum atomic E-state index is 13.8. The summed E-state index contributed by atoms with van der Waals surface area (Å²) in [5.74, 6) is -2.60. The summed E-state index contributed by atoms with van der Waals surface area (Å²) in [5.41, 5.74) is 0.926. The van der Waals surface area contributed by atoms with E-state index in [2.05, 4.69) is 29.8 Å². The summed E-state index contributed by atoms with van der Waals surface area (Å²) in [5, 5.41) is 12.4. The van der Waals surface area contributed by atoms with Gasteiger partial charge in [-0.15, -0.1) is 21.5 Å². The summed E-state index contributed by atoms with van der Waals surface area (Å²) < 4.78 is 56.0. The number of benzene rings is 1. The zero-order valence-electron chi connectivity index (χ0n) is 16.9. The average molecular weight is 478 g/mol. The van der Waals surface area contributed by atoms with Gasteiger partial charge in [-0.1, -0.05) is 11.2 Å². The van der Waals surface area contributed by atoms with Crippen LogP contribution in [0.5, 0.6) is 0 Å². The number of amides is 1. The first-order valence-electron chi connectivity index (χ1n) is 9.40. The lowest BCUT2D eigenvalue weighted by Crippen LogP contribution is -2.32. The number of halogens is 4. The fourth-order valence-corrected chi connectivity index (χ4v) is 3.57. The Bertz CT molecular complexity index is 1270. The van der Waals surface area contributed by atoms with Crippen molar-refractivity contribution >= 4 is 22.9 Å². The first kappa shape index (κ1) is 22.5. The van der Waals surface area contributed by atoms with Crippen LogP contribution in [0.4, 0.5) is 23.2 Å². The molecule has 13 heteroatoms. The summed E-state index contributed by atoms with van der Waals surface area (Å²) in [6.45, 7) is 1.75. The number of hydrogen-bond acceptors (Lipinski definition) is 8. The van der Waals surface area contributed by atoms with Gasteiger partial charge < -0.3 is 9.42 Å². The largest absolute Gasteiger partial charge is 0.471 e. The molecule has 1 amide bonds. The Hall–Kier alpha value is -3.74. The topological polar surface area (TPSA) is 97.9 Å². The maximum absolute atomic E-state index is 13.8. The number of aryl methyl sites for hydroxylation is 1. The van der Waals surface area contributed by atoms with E-state index in [0.29, 0.717) is 21.4 Å². The van der Waals surface area contributed by atoms with E-state index in [9.17, 15) is 22.4 Å². The quantitative estimate of drug-likeness (QED) is 0.383. The van der Waals surface area contributed by atoms with E-state index in [1.54, 1.807) is 13.0 Å². The summed E-state index contributed by atoms with van der Waals surface area (Å²) >= 11 is 1.28. The van der Waals surface area contributed by atoms with Crippen LogP contribution in [0.15, 0.2) is 47.1 Å². The molecule has 0 unspecified atom stereocenters. The molecule has 0 radical (unpaired) electrons. The number of alkyl halides is 3. The molecular weight excluding hydrogens is 464 g/mol. The normalized spacial score (nSPS) is 11.5. The molecule has 0 aliphatic heterocycles. The highest BCUT2D eigenvalue weighted by atomic mass is 32.1. The van der Waals surface area contributed by atoms with Crippen LogP contribution in [0.3, 0.4) is 0 Å². The Balaban J connectivity index is 1.56. The molecule has 33 heavy (non-hydrogen) atoms.